The lowest BCUT2D eigenvalue weighted by molar-refractivity contribution is 0.0690. The molecule has 4 N–H and O–H groups in total. The molecule has 1 aliphatic carbocycles. The molecule has 1 aromatic rings. The highest BCUT2D eigenvalue weighted by molar-refractivity contribution is 6.00. The van der Waals surface area contributed by atoms with E-state index < -0.39 is 5.97 Å². The van der Waals surface area contributed by atoms with Crippen LogP contribution in [0.4, 0.5) is 0 Å². The molecule has 2 aliphatic rings. The Balaban J connectivity index is 0.00000108. The van der Waals surface area contributed by atoms with Crippen LogP contribution in [-0.2, 0) is 0 Å². The van der Waals surface area contributed by atoms with Crippen molar-refractivity contribution in [2.45, 2.75) is 0 Å². The van der Waals surface area contributed by atoms with E-state index in [-0.39, 0.29) is 11.2 Å². The molecule has 0 bridgehead atoms. The summed E-state index contributed by atoms with van der Waals surface area (Å²) in [6.45, 7) is 0. The van der Waals surface area contributed by atoms with Crippen LogP contribution in [0.25, 0.3) is 22.2 Å². The molecule has 0 aromatic heterocycles. The molecule has 0 amide bonds. The molecule has 0 fully saturated rings. The van der Waals surface area contributed by atoms with Crippen LogP contribution in [0.3, 0.4) is 0 Å². The summed E-state index contributed by atoms with van der Waals surface area (Å²) in [5.41, 5.74) is 1.66. The molecule has 86 valence electrons. The van der Waals surface area contributed by atoms with Crippen LogP contribution in [0, 0.1) is 0 Å². The Morgan fingerprint density at radius 3 is 2.82 bits per heavy atom. The lowest BCUT2D eigenvalue weighted by atomic mass is 10.2. The second-order valence-electron chi connectivity index (χ2n) is 3.60. The number of aromatic amines is 1. The Labute approximate surface area is 96.4 Å². The van der Waals surface area contributed by atoms with Crippen LogP contribution in [0.2, 0.25) is 0 Å². The normalized spacial score (nSPS) is 10.4. The average Bonchev–Trinajstić information content (AvgIpc) is 2.66. The van der Waals surface area contributed by atoms with Crippen LogP contribution in [0.5, 0.6) is 0 Å². The summed E-state index contributed by atoms with van der Waals surface area (Å²) in [6.07, 6.45) is 1.34. The number of fused-ring (bicyclic) bond motifs is 3. The molecule has 0 saturated carbocycles. The highest BCUT2D eigenvalue weighted by Gasteiger charge is 2.13. The van der Waals surface area contributed by atoms with Gasteiger partial charge >= 0.3 is 5.97 Å². The van der Waals surface area contributed by atoms with Crippen LogP contribution in [-0.4, -0.2) is 26.5 Å². The second-order valence-corrected chi connectivity index (χ2v) is 3.60. The minimum Gasteiger partial charge on any atom is -0.477 e. The topological polar surface area (TPSA) is 97.5 Å². The van der Waals surface area contributed by atoms with E-state index in [4.69, 9.17) is 5.11 Å². The number of nitrogens with one attached hydrogen (secondary N) is 1. The van der Waals surface area contributed by atoms with E-state index in [1.165, 1.54) is 6.20 Å². The fraction of sp³-hybridized carbons (Fsp3) is 0. The van der Waals surface area contributed by atoms with E-state index in [9.17, 15) is 4.79 Å². The number of hydrogen-bond acceptors (Lipinski definition) is 2. The first kappa shape index (κ1) is 11.1. The summed E-state index contributed by atoms with van der Waals surface area (Å²) in [7, 11) is 0. The smallest absolute Gasteiger partial charge is 0.353 e. The standard InChI is InChI=1S/C12H8N2O2.H2O/c15-12(16)10-6-13-11-8-4-2-1-3-7(8)5-9(11)14-10;/h1-6,14H,(H,15,16);1H2. The number of carboxylic acid groups (broad SMARTS) is 1. The zero-order valence-electron chi connectivity index (χ0n) is 8.77. The quantitative estimate of drug-likeness (QED) is 0.663. The number of rotatable bonds is 1. The predicted octanol–water partition coefficient (Wildman–Crippen LogP) is 1.54. The van der Waals surface area contributed by atoms with Crippen molar-refractivity contribution in [1.82, 2.24) is 9.97 Å². The van der Waals surface area contributed by atoms with Crippen molar-refractivity contribution in [3.8, 4) is 11.4 Å². The molecule has 0 saturated heterocycles. The molecule has 5 heteroatoms. The number of aromatic nitrogens is 2. The molecule has 0 radical (unpaired) electrons. The monoisotopic (exact) mass is 230 g/mol. The first-order valence-electron chi connectivity index (χ1n) is 4.85. The highest BCUT2D eigenvalue weighted by Crippen LogP contribution is 2.30. The number of carbonyl (C=O) groups is 1. The van der Waals surface area contributed by atoms with E-state index >= 15 is 0 Å². The Kier molecular flexibility index (Phi) is 2.53. The van der Waals surface area contributed by atoms with Crippen LogP contribution < -0.4 is 0 Å². The van der Waals surface area contributed by atoms with Crippen LogP contribution in [0.1, 0.15) is 10.5 Å². The van der Waals surface area contributed by atoms with Gasteiger partial charge in [-0.2, -0.15) is 0 Å². The third-order valence-electron chi connectivity index (χ3n) is 2.59. The first-order valence-corrected chi connectivity index (χ1v) is 4.85. The van der Waals surface area contributed by atoms with Crippen molar-refractivity contribution in [2.75, 3.05) is 0 Å². The van der Waals surface area contributed by atoms with Crippen LogP contribution in [0.15, 0.2) is 36.5 Å². The fourth-order valence-electron chi connectivity index (χ4n) is 1.86. The molecule has 3 rings (SSSR count). The van der Waals surface area contributed by atoms with Gasteiger partial charge in [-0.05, 0) is 11.5 Å². The fourth-order valence-corrected chi connectivity index (χ4v) is 1.86. The zero-order valence-corrected chi connectivity index (χ0v) is 8.77. The van der Waals surface area contributed by atoms with E-state index in [0.29, 0.717) is 0 Å². The average molecular weight is 230 g/mol. The van der Waals surface area contributed by atoms with Gasteiger partial charge in [-0.3, -0.25) is 4.98 Å². The minimum absolute atomic E-state index is 0. The zero-order chi connectivity index (χ0) is 11.1. The minimum atomic E-state index is -1.00. The number of carboxylic acids is 1. The Morgan fingerprint density at radius 2 is 2.06 bits per heavy atom. The van der Waals surface area contributed by atoms with Gasteiger partial charge in [0, 0.05) is 5.39 Å². The molecular formula is C12H10N2O3. The third kappa shape index (κ3) is 1.62. The summed E-state index contributed by atoms with van der Waals surface area (Å²) in [5.74, 6) is -1.00. The van der Waals surface area contributed by atoms with Gasteiger partial charge in [0.2, 0.25) is 0 Å². The SMILES string of the molecule is O.O=C(O)c1cnc2c3ccccc3cc-2[nH]1. The second kappa shape index (κ2) is 3.88. The van der Waals surface area contributed by atoms with E-state index in [2.05, 4.69) is 9.97 Å². The lowest BCUT2D eigenvalue weighted by Crippen LogP contribution is -2.02. The number of nitrogens with zero attached hydrogens (tertiary/aromatic N) is 1. The summed E-state index contributed by atoms with van der Waals surface area (Å²) >= 11 is 0. The van der Waals surface area contributed by atoms with Gasteiger partial charge in [0.05, 0.1) is 17.6 Å². The molecular weight excluding hydrogens is 220 g/mol. The summed E-state index contributed by atoms with van der Waals surface area (Å²) in [4.78, 5) is 17.8. The molecule has 0 spiro atoms. The molecule has 5 nitrogen and oxygen atoms in total. The summed E-state index contributed by atoms with van der Waals surface area (Å²) in [6, 6.07) is 9.74. The van der Waals surface area contributed by atoms with Gasteiger partial charge in [0.25, 0.3) is 0 Å². The predicted molar refractivity (Wildman–Crippen MR) is 63.3 cm³/mol. The van der Waals surface area contributed by atoms with Crippen molar-refractivity contribution < 1.29 is 15.4 Å². The maximum atomic E-state index is 10.8. The molecule has 1 aliphatic heterocycles. The van der Waals surface area contributed by atoms with E-state index in [0.717, 1.165) is 22.2 Å². The Bertz CT molecular complexity index is 660. The number of benzene rings is 1. The van der Waals surface area contributed by atoms with Crippen molar-refractivity contribution >= 4 is 16.7 Å². The number of hydrogen-bond donors (Lipinski definition) is 2. The van der Waals surface area contributed by atoms with Gasteiger partial charge in [0.1, 0.15) is 5.69 Å². The molecule has 0 atom stereocenters. The van der Waals surface area contributed by atoms with Gasteiger partial charge in [-0.1, -0.05) is 24.3 Å². The maximum Gasteiger partial charge on any atom is 0.353 e. The molecule has 17 heavy (non-hydrogen) atoms. The van der Waals surface area contributed by atoms with Crippen LogP contribution >= 0.6 is 0 Å². The van der Waals surface area contributed by atoms with Gasteiger partial charge in [0.15, 0.2) is 0 Å². The van der Waals surface area contributed by atoms with Gasteiger partial charge in [-0.25, -0.2) is 4.79 Å². The Hall–Kier alpha value is -2.40. The third-order valence-corrected chi connectivity index (χ3v) is 2.59. The summed E-state index contributed by atoms with van der Waals surface area (Å²) in [5, 5.41) is 10.9. The summed E-state index contributed by atoms with van der Waals surface area (Å²) < 4.78 is 0. The van der Waals surface area contributed by atoms with Gasteiger partial charge in [-0.15, -0.1) is 0 Å². The van der Waals surface area contributed by atoms with Crippen molar-refractivity contribution in [3.05, 3.63) is 42.2 Å². The van der Waals surface area contributed by atoms with Crippen molar-refractivity contribution in [3.63, 3.8) is 0 Å². The van der Waals surface area contributed by atoms with E-state index in [1.54, 1.807) is 0 Å². The number of H-pyrrole nitrogens is 1. The van der Waals surface area contributed by atoms with E-state index in [1.807, 2.05) is 30.3 Å². The number of aromatic carboxylic acids is 1. The van der Waals surface area contributed by atoms with Crippen molar-refractivity contribution in [1.29, 1.82) is 0 Å². The first-order chi connectivity index (χ1) is 7.75. The van der Waals surface area contributed by atoms with Gasteiger partial charge < -0.3 is 15.6 Å². The Morgan fingerprint density at radius 1 is 1.29 bits per heavy atom. The molecule has 1 heterocycles. The lowest BCUT2D eigenvalue weighted by Gasteiger charge is -2.01. The maximum absolute atomic E-state index is 10.8. The molecule has 0 unspecified atom stereocenters. The largest absolute Gasteiger partial charge is 0.477 e. The molecule has 1 aromatic carbocycles. The highest BCUT2D eigenvalue weighted by atomic mass is 16.4. The van der Waals surface area contributed by atoms with Crippen molar-refractivity contribution in [2.24, 2.45) is 0 Å².